The molecule has 0 amide bonds. The number of carbonyl (C=O) groups is 1. The van der Waals surface area contributed by atoms with Crippen molar-refractivity contribution in [3.05, 3.63) is 66.1 Å². The summed E-state index contributed by atoms with van der Waals surface area (Å²) in [6, 6.07) is 13.0. The van der Waals surface area contributed by atoms with Crippen LogP contribution in [0.25, 0.3) is 22.0 Å². The van der Waals surface area contributed by atoms with E-state index in [1.165, 1.54) is 12.1 Å². The maximum atomic E-state index is 13.3. The maximum Gasteiger partial charge on any atom is 0.336 e. The number of aromatic nitrogens is 1. The van der Waals surface area contributed by atoms with Gasteiger partial charge in [0.05, 0.1) is 11.1 Å². The molecule has 0 fully saturated rings. The molecule has 0 radical (unpaired) electrons. The van der Waals surface area contributed by atoms with Gasteiger partial charge in [0.25, 0.3) is 0 Å². The van der Waals surface area contributed by atoms with Gasteiger partial charge in [-0.2, -0.15) is 0 Å². The summed E-state index contributed by atoms with van der Waals surface area (Å²) in [4.78, 5) is 15.6. The fourth-order valence-electron chi connectivity index (χ4n) is 2.25. The third-order valence-corrected chi connectivity index (χ3v) is 3.13. The van der Waals surface area contributed by atoms with E-state index >= 15 is 0 Å². The largest absolute Gasteiger partial charge is 0.478 e. The fourth-order valence-corrected chi connectivity index (χ4v) is 2.25. The van der Waals surface area contributed by atoms with Crippen LogP contribution >= 0.6 is 0 Å². The summed E-state index contributed by atoms with van der Waals surface area (Å²) in [7, 11) is 0. The highest BCUT2D eigenvalue weighted by atomic mass is 19.1. The van der Waals surface area contributed by atoms with Gasteiger partial charge in [0.15, 0.2) is 0 Å². The Kier molecular flexibility index (Phi) is 2.91. The first kappa shape index (κ1) is 12.3. The summed E-state index contributed by atoms with van der Waals surface area (Å²) in [6.45, 7) is 0. The average molecular weight is 267 g/mol. The van der Waals surface area contributed by atoms with Gasteiger partial charge in [-0.1, -0.05) is 30.3 Å². The van der Waals surface area contributed by atoms with Crippen LogP contribution in [0.1, 0.15) is 10.4 Å². The molecule has 3 aromatic rings. The highest BCUT2D eigenvalue weighted by molar-refractivity contribution is 6.02. The van der Waals surface area contributed by atoms with Gasteiger partial charge in [0.1, 0.15) is 5.82 Å². The van der Waals surface area contributed by atoms with E-state index in [9.17, 15) is 14.3 Å². The molecule has 0 aliphatic heterocycles. The van der Waals surface area contributed by atoms with Crippen molar-refractivity contribution in [2.24, 2.45) is 0 Å². The molecule has 0 saturated heterocycles. The predicted octanol–water partition coefficient (Wildman–Crippen LogP) is 3.74. The number of fused-ring (bicyclic) bond motifs is 1. The molecule has 3 rings (SSSR count). The molecule has 3 nitrogen and oxygen atoms in total. The highest BCUT2D eigenvalue weighted by Gasteiger charge is 2.15. The lowest BCUT2D eigenvalue weighted by Gasteiger charge is -2.09. The SMILES string of the molecule is O=C(O)c1cc(F)ccc1-c1cccc2cccnc12. The molecular formula is C16H10FNO2. The Labute approximate surface area is 114 Å². The summed E-state index contributed by atoms with van der Waals surface area (Å²) in [5, 5.41) is 10.1. The molecule has 1 N–H and O–H groups in total. The first-order valence-corrected chi connectivity index (χ1v) is 6.04. The Morgan fingerprint density at radius 1 is 1.05 bits per heavy atom. The van der Waals surface area contributed by atoms with E-state index in [1.54, 1.807) is 12.3 Å². The third-order valence-electron chi connectivity index (χ3n) is 3.13. The second-order valence-corrected chi connectivity index (χ2v) is 4.38. The van der Waals surface area contributed by atoms with Crippen LogP contribution in [0.15, 0.2) is 54.7 Å². The molecule has 0 aliphatic carbocycles. The Hall–Kier alpha value is -2.75. The van der Waals surface area contributed by atoms with Crippen molar-refractivity contribution < 1.29 is 14.3 Å². The zero-order chi connectivity index (χ0) is 14.1. The van der Waals surface area contributed by atoms with Crippen LogP contribution in [0, 0.1) is 5.82 Å². The molecule has 0 aliphatic rings. The number of aromatic carboxylic acids is 1. The van der Waals surface area contributed by atoms with Crippen LogP contribution in [0.4, 0.5) is 4.39 Å². The van der Waals surface area contributed by atoms with Gasteiger partial charge in [-0.25, -0.2) is 9.18 Å². The lowest BCUT2D eigenvalue weighted by Crippen LogP contribution is -2.01. The van der Waals surface area contributed by atoms with Crippen LogP contribution in [0.2, 0.25) is 0 Å². The minimum Gasteiger partial charge on any atom is -0.478 e. The van der Waals surface area contributed by atoms with Crippen molar-refractivity contribution in [2.45, 2.75) is 0 Å². The van der Waals surface area contributed by atoms with E-state index in [4.69, 9.17) is 0 Å². The van der Waals surface area contributed by atoms with Gasteiger partial charge in [0, 0.05) is 17.1 Å². The Balaban J connectivity index is 2.34. The van der Waals surface area contributed by atoms with Gasteiger partial charge < -0.3 is 5.11 Å². The second kappa shape index (κ2) is 4.74. The molecule has 0 unspecified atom stereocenters. The first-order chi connectivity index (χ1) is 9.66. The summed E-state index contributed by atoms with van der Waals surface area (Å²) < 4.78 is 13.3. The first-order valence-electron chi connectivity index (χ1n) is 6.04. The Morgan fingerprint density at radius 3 is 2.65 bits per heavy atom. The topological polar surface area (TPSA) is 50.2 Å². The van der Waals surface area contributed by atoms with E-state index in [-0.39, 0.29) is 5.56 Å². The molecule has 98 valence electrons. The van der Waals surface area contributed by atoms with Crippen LogP contribution in [0.5, 0.6) is 0 Å². The highest BCUT2D eigenvalue weighted by Crippen LogP contribution is 2.30. The van der Waals surface area contributed by atoms with Crippen molar-refractivity contribution in [1.29, 1.82) is 0 Å². The van der Waals surface area contributed by atoms with Crippen molar-refractivity contribution in [2.75, 3.05) is 0 Å². The van der Waals surface area contributed by atoms with Gasteiger partial charge in [0.2, 0.25) is 0 Å². The minimum absolute atomic E-state index is 0.0665. The number of halogens is 1. The number of nitrogens with zero attached hydrogens (tertiary/aromatic N) is 1. The molecular weight excluding hydrogens is 257 g/mol. The standard InChI is InChI=1S/C16H10FNO2/c17-11-6-7-12(14(9-11)16(19)20)13-5-1-3-10-4-2-8-18-15(10)13/h1-9H,(H,19,20). The lowest BCUT2D eigenvalue weighted by molar-refractivity contribution is 0.0697. The number of hydrogen-bond donors (Lipinski definition) is 1. The zero-order valence-electron chi connectivity index (χ0n) is 10.4. The molecule has 0 atom stereocenters. The van der Waals surface area contributed by atoms with Crippen LogP contribution in [0.3, 0.4) is 0 Å². The number of rotatable bonds is 2. The van der Waals surface area contributed by atoms with Gasteiger partial charge in [-0.05, 0) is 23.8 Å². The second-order valence-electron chi connectivity index (χ2n) is 4.38. The minimum atomic E-state index is -1.16. The van der Waals surface area contributed by atoms with Gasteiger partial charge in [-0.3, -0.25) is 4.98 Å². The number of carboxylic acids is 1. The smallest absolute Gasteiger partial charge is 0.336 e. The molecule has 2 aromatic carbocycles. The maximum absolute atomic E-state index is 13.3. The molecule has 0 bridgehead atoms. The monoisotopic (exact) mass is 267 g/mol. The average Bonchev–Trinajstić information content (AvgIpc) is 2.46. The summed E-state index contributed by atoms with van der Waals surface area (Å²) in [5.41, 5.74) is 1.77. The number of benzene rings is 2. The van der Waals surface area contributed by atoms with Crippen molar-refractivity contribution in [3.8, 4) is 11.1 Å². The summed E-state index contributed by atoms with van der Waals surface area (Å²) in [6.07, 6.45) is 1.65. The van der Waals surface area contributed by atoms with E-state index < -0.39 is 11.8 Å². The summed E-state index contributed by atoms with van der Waals surface area (Å²) in [5.74, 6) is -1.73. The van der Waals surface area contributed by atoms with E-state index in [0.29, 0.717) is 16.6 Å². The van der Waals surface area contributed by atoms with Crippen LogP contribution in [-0.4, -0.2) is 16.1 Å². The molecule has 1 heterocycles. The molecule has 0 spiro atoms. The van der Waals surface area contributed by atoms with Crippen molar-refractivity contribution in [1.82, 2.24) is 4.98 Å². The molecule has 0 saturated carbocycles. The van der Waals surface area contributed by atoms with Crippen molar-refractivity contribution in [3.63, 3.8) is 0 Å². The predicted molar refractivity (Wildman–Crippen MR) is 74.1 cm³/mol. The number of pyridine rings is 1. The normalized spacial score (nSPS) is 10.7. The Morgan fingerprint density at radius 2 is 1.85 bits per heavy atom. The van der Waals surface area contributed by atoms with E-state index in [0.717, 1.165) is 11.5 Å². The molecule has 20 heavy (non-hydrogen) atoms. The van der Waals surface area contributed by atoms with Crippen molar-refractivity contribution >= 4 is 16.9 Å². The third kappa shape index (κ3) is 2.01. The summed E-state index contributed by atoms with van der Waals surface area (Å²) >= 11 is 0. The number of carboxylic acid groups (broad SMARTS) is 1. The van der Waals surface area contributed by atoms with E-state index in [2.05, 4.69) is 4.98 Å². The molecule has 4 heteroatoms. The lowest BCUT2D eigenvalue weighted by atomic mass is 9.97. The number of para-hydroxylation sites is 1. The van der Waals surface area contributed by atoms with E-state index in [1.807, 2.05) is 24.3 Å². The van der Waals surface area contributed by atoms with Gasteiger partial charge in [-0.15, -0.1) is 0 Å². The van der Waals surface area contributed by atoms with Crippen LogP contribution in [-0.2, 0) is 0 Å². The Bertz CT molecular complexity index is 809. The quantitative estimate of drug-likeness (QED) is 0.769. The molecule has 1 aromatic heterocycles. The van der Waals surface area contributed by atoms with Crippen LogP contribution < -0.4 is 0 Å². The fraction of sp³-hybridized carbons (Fsp3) is 0. The zero-order valence-corrected chi connectivity index (χ0v) is 10.4. The van der Waals surface area contributed by atoms with Gasteiger partial charge >= 0.3 is 5.97 Å². The number of hydrogen-bond acceptors (Lipinski definition) is 2.